The molecule has 1 saturated heterocycles. The van der Waals surface area contributed by atoms with Gasteiger partial charge in [-0.1, -0.05) is 13.0 Å². The number of halogens is 1. The Morgan fingerprint density at radius 3 is 2.60 bits per heavy atom. The Bertz CT molecular complexity index is 831. The van der Waals surface area contributed by atoms with E-state index < -0.39 is 10.0 Å². The topological polar surface area (TPSA) is 108 Å². The zero-order valence-electron chi connectivity index (χ0n) is 13.7. The van der Waals surface area contributed by atoms with Crippen LogP contribution >= 0.6 is 12.4 Å². The average molecular weight is 406 g/mol. The molecule has 1 unspecified atom stereocenters. The second-order valence-electron chi connectivity index (χ2n) is 5.75. The Labute approximate surface area is 156 Å². The molecule has 0 saturated carbocycles. The number of nitrogens with two attached hydrogens (primary N) is 1. The van der Waals surface area contributed by atoms with Crippen LogP contribution in [-0.2, 0) is 26.2 Å². The van der Waals surface area contributed by atoms with Gasteiger partial charge in [-0.05, 0) is 12.1 Å². The van der Waals surface area contributed by atoms with Crippen molar-refractivity contribution in [2.24, 2.45) is 20.4 Å². The summed E-state index contributed by atoms with van der Waals surface area (Å²) >= 11 is 0.992. The van der Waals surface area contributed by atoms with Gasteiger partial charge >= 0.3 is 0 Å². The number of nitrogens with zero attached hydrogens (tertiary/aromatic N) is 4. The third-order valence-electron chi connectivity index (χ3n) is 4.19. The number of sulfonamides is 1. The number of piperazine rings is 1. The van der Waals surface area contributed by atoms with Crippen molar-refractivity contribution in [1.29, 1.82) is 0 Å². The first-order valence-corrected chi connectivity index (χ1v) is 9.82. The standard InChI is InChI=1S/C14H19N5O3S2.ClH/c1-10(9-15)14(20)18-5-7-19(8-6-18)24(21,22)12-4-2-3-11-13(12)17-23-16-11;/h2-4,10H,5-9,15H2,1H3;1H. The normalized spacial score (nSPS) is 18.2. The quantitative estimate of drug-likeness (QED) is 0.825. The molecule has 0 bridgehead atoms. The van der Waals surface area contributed by atoms with E-state index in [0.717, 1.165) is 11.4 Å². The highest BCUT2D eigenvalue weighted by molar-refractivity contribution is 7.89. The minimum absolute atomic E-state index is 0. The van der Waals surface area contributed by atoms with Crippen LogP contribution in [0.1, 0.15) is 6.92 Å². The molecule has 2 aliphatic rings. The molecule has 0 spiro atoms. The van der Waals surface area contributed by atoms with Gasteiger partial charge in [-0.15, -0.1) is 12.4 Å². The Hall–Kier alpha value is -1.33. The highest BCUT2D eigenvalue weighted by Gasteiger charge is 2.33. The molecule has 2 heterocycles. The van der Waals surface area contributed by atoms with Gasteiger partial charge in [0, 0.05) is 38.6 Å². The maximum absolute atomic E-state index is 12.9. The van der Waals surface area contributed by atoms with Gasteiger partial charge in [0.25, 0.3) is 0 Å². The van der Waals surface area contributed by atoms with Crippen molar-refractivity contribution >= 4 is 51.1 Å². The Morgan fingerprint density at radius 2 is 1.96 bits per heavy atom. The van der Waals surface area contributed by atoms with E-state index in [1.807, 2.05) is 0 Å². The van der Waals surface area contributed by atoms with E-state index >= 15 is 0 Å². The first-order chi connectivity index (χ1) is 11.4. The zero-order valence-corrected chi connectivity index (χ0v) is 16.1. The predicted molar refractivity (Wildman–Crippen MR) is 98.8 cm³/mol. The summed E-state index contributed by atoms with van der Waals surface area (Å²) in [6.45, 7) is 3.33. The summed E-state index contributed by atoms with van der Waals surface area (Å²) in [5, 5.41) is 0. The summed E-state index contributed by atoms with van der Waals surface area (Å²) in [7, 11) is -3.66. The van der Waals surface area contributed by atoms with Gasteiger partial charge < -0.3 is 10.6 Å². The van der Waals surface area contributed by atoms with Crippen molar-refractivity contribution < 1.29 is 13.2 Å². The first-order valence-electron chi connectivity index (χ1n) is 7.65. The molecular weight excluding hydrogens is 386 g/mol. The lowest BCUT2D eigenvalue weighted by Gasteiger charge is -2.35. The van der Waals surface area contributed by atoms with Crippen LogP contribution in [0.3, 0.4) is 0 Å². The fourth-order valence-electron chi connectivity index (χ4n) is 2.69. The Balaban J connectivity index is 0.00000225. The number of carbonyl (C=O) groups is 1. The van der Waals surface area contributed by atoms with E-state index in [4.69, 9.17) is 5.73 Å². The van der Waals surface area contributed by atoms with E-state index in [9.17, 15) is 13.2 Å². The SMILES string of the molecule is CC(CN)C(=O)N1CCN(S(=O)(=O)c2cccc3c2N=S=N3)CC1.Cl. The molecule has 3 rings (SSSR count). The van der Waals surface area contributed by atoms with Crippen LogP contribution in [0.2, 0.25) is 0 Å². The fraction of sp³-hybridized carbons (Fsp3) is 0.500. The molecule has 2 N–H and O–H groups in total. The number of fused-ring (bicyclic) bond motifs is 1. The van der Waals surface area contributed by atoms with Gasteiger partial charge in [0.2, 0.25) is 15.9 Å². The van der Waals surface area contributed by atoms with E-state index in [1.165, 1.54) is 4.31 Å². The lowest BCUT2D eigenvalue weighted by atomic mass is 10.1. The molecule has 8 nitrogen and oxygen atoms in total. The van der Waals surface area contributed by atoms with Crippen molar-refractivity contribution in [1.82, 2.24) is 9.21 Å². The van der Waals surface area contributed by atoms with Crippen LogP contribution < -0.4 is 5.73 Å². The molecule has 25 heavy (non-hydrogen) atoms. The Morgan fingerprint density at radius 1 is 1.28 bits per heavy atom. The van der Waals surface area contributed by atoms with E-state index in [0.29, 0.717) is 24.5 Å². The van der Waals surface area contributed by atoms with Crippen molar-refractivity contribution in [2.75, 3.05) is 32.7 Å². The molecule has 1 amide bonds. The van der Waals surface area contributed by atoms with Crippen LogP contribution in [0.4, 0.5) is 11.4 Å². The lowest BCUT2D eigenvalue weighted by Crippen LogP contribution is -2.52. The maximum atomic E-state index is 12.9. The minimum atomic E-state index is -3.66. The second kappa shape index (κ2) is 7.92. The highest BCUT2D eigenvalue weighted by atomic mass is 35.5. The average Bonchev–Trinajstić information content (AvgIpc) is 3.09. The number of rotatable bonds is 4. The van der Waals surface area contributed by atoms with Gasteiger partial charge in [-0.25, -0.2) is 8.42 Å². The van der Waals surface area contributed by atoms with Crippen molar-refractivity contribution in [3.05, 3.63) is 18.2 Å². The zero-order chi connectivity index (χ0) is 17.3. The molecule has 2 aliphatic heterocycles. The van der Waals surface area contributed by atoms with Crippen LogP contribution in [0.15, 0.2) is 31.8 Å². The summed E-state index contributed by atoms with van der Waals surface area (Å²) < 4.78 is 35.4. The van der Waals surface area contributed by atoms with Gasteiger partial charge in [-0.2, -0.15) is 13.0 Å². The lowest BCUT2D eigenvalue weighted by molar-refractivity contribution is -0.135. The largest absolute Gasteiger partial charge is 0.340 e. The summed E-state index contributed by atoms with van der Waals surface area (Å²) in [4.78, 5) is 14.0. The van der Waals surface area contributed by atoms with Crippen LogP contribution in [0.25, 0.3) is 0 Å². The number of carbonyl (C=O) groups excluding carboxylic acids is 1. The van der Waals surface area contributed by atoms with E-state index in [2.05, 4.69) is 8.73 Å². The molecule has 0 aromatic heterocycles. The molecule has 138 valence electrons. The fourth-order valence-corrected chi connectivity index (χ4v) is 4.86. The molecule has 0 aliphatic carbocycles. The van der Waals surface area contributed by atoms with Gasteiger partial charge in [0.15, 0.2) is 0 Å². The highest BCUT2D eigenvalue weighted by Crippen LogP contribution is 2.38. The van der Waals surface area contributed by atoms with E-state index in [-0.39, 0.29) is 48.8 Å². The molecule has 1 atom stereocenters. The molecule has 11 heteroatoms. The van der Waals surface area contributed by atoms with Crippen molar-refractivity contribution in [2.45, 2.75) is 11.8 Å². The summed E-state index contributed by atoms with van der Waals surface area (Å²) in [5.74, 6) is -0.275. The van der Waals surface area contributed by atoms with Gasteiger partial charge in [-0.3, -0.25) is 4.79 Å². The number of amides is 1. The number of benzene rings is 1. The van der Waals surface area contributed by atoms with Crippen LogP contribution in [-0.4, -0.2) is 56.3 Å². The molecule has 1 fully saturated rings. The van der Waals surface area contributed by atoms with Crippen molar-refractivity contribution in [3.63, 3.8) is 0 Å². The molecule has 1 aromatic rings. The van der Waals surface area contributed by atoms with Crippen LogP contribution in [0, 0.1) is 5.92 Å². The number of hydrogen-bond acceptors (Lipinski definition) is 6. The van der Waals surface area contributed by atoms with Crippen LogP contribution in [0.5, 0.6) is 0 Å². The second-order valence-corrected chi connectivity index (χ2v) is 8.19. The van der Waals surface area contributed by atoms with E-state index in [1.54, 1.807) is 30.0 Å². The van der Waals surface area contributed by atoms with Gasteiger partial charge in [0.05, 0.1) is 11.4 Å². The summed E-state index contributed by atoms with van der Waals surface area (Å²) in [6, 6.07) is 4.95. The first kappa shape index (κ1) is 20.0. The summed E-state index contributed by atoms with van der Waals surface area (Å²) in [6.07, 6.45) is 0. The third kappa shape index (κ3) is 3.77. The van der Waals surface area contributed by atoms with Crippen molar-refractivity contribution in [3.8, 4) is 0 Å². The Kier molecular flexibility index (Phi) is 6.33. The smallest absolute Gasteiger partial charge is 0.245 e. The predicted octanol–water partition coefficient (Wildman–Crippen LogP) is 1.26. The maximum Gasteiger partial charge on any atom is 0.245 e. The summed E-state index contributed by atoms with van der Waals surface area (Å²) in [5.41, 5.74) is 6.51. The third-order valence-corrected chi connectivity index (χ3v) is 6.67. The molecule has 1 aromatic carbocycles. The molecule has 0 radical (unpaired) electrons. The van der Waals surface area contributed by atoms with Gasteiger partial charge in [0.1, 0.15) is 16.3 Å². The monoisotopic (exact) mass is 405 g/mol. The minimum Gasteiger partial charge on any atom is -0.340 e. The molecular formula is C14H20ClN5O3S2. The number of hydrogen-bond donors (Lipinski definition) is 1.